The Morgan fingerprint density at radius 1 is 1.22 bits per heavy atom. The zero-order chi connectivity index (χ0) is 19.6. The second-order valence-corrected chi connectivity index (χ2v) is 7.62. The van der Waals surface area contributed by atoms with Crippen LogP contribution >= 0.6 is 27.7 Å². The number of ether oxygens (including phenoxy) is 1. The Morgan fingerprint density at radius 2 is 1.93 bits per heavy atom. The van der Waals surface area contributed by atoms with Crippen LogP contribution in [0.5, 0.6) is 5.75 Å². The fourth-order valence-electron chi connectivity index (χ4n) is 2.36. The van der Waals surface area contributed by atoms with Gasteiger partial charge < -0.3 is 9.84 Å². The molecule has 2 aromatic rings. The molecule has 0 atom stereocenters. The van der Waals surface area contributed by atoms with E-state index in [0.29, 0.717) is 16.2 Å². The van der Waals surface area contributed by atoms with E-state index >= 15 is 0 Å². The molecule has 0 bridgehead atoms. The van der Waals surface area contributed by atoms with Gasteiger partial charge in [-0.25, -0.2) is 4.79 Å². The Bertz CT molecular complexity index is 955. The summed E-state index contributed by atoms with van der Waals surface area (Å²) in [5, 5.41) is 8.62. The molecule has 1 aliphatic rings. The van der Waals surface area contributed by atoms with Crippen LogP contribution < -0.4 is 4.74 Å². The van der Waals surface area contributed by atoms with Gasteiger partial charge in [-0.05, 0) is 53.7 Å². The van der Waals surface area contributed by atoms with Gasteiger partial charge in [0.05, 0.1) is 10.5 Å². The van der Waals surface area contributed by atoms with Crippen molar-refractivity contribution in [2.24, 2.45) is 0 Å². The molecule has 0 saturated carbocycles. The van der Waals surface area contributed by atoms with Crippen molar-refractivity contribution in [1.82, 2.24) is 4.90 Å². The molecular weight excluding hydrogens is 434 g/mol. The largest absolute Gasteiger partial charge is 0.488 e. The highest BCUT2D eigenvalue weighted by atomic mass is 79.9. The van der Waals surface area contributed by atoms with E-state index in [1.807, 2.05) is 6.07 Å². The summed E-state index contributed by atoms with van der Waals surface area (Å²) < 4.78 is 6.65. The molecule has 8 heteroatoms. The first-order valence-electron chi connectivity index (χ1n) is 7.81. The average molecular weight is 448 g/mol. The topological polar surface area (TPSA) is 83.9 Å². The van der Waals surface area contributed by atoms with Gasteiger partial charge in [0.2, 0.25) is 0 Å². The normalized spacial score (nSPS) is 15.5. The molecule has 2 aromatic carbocycles. The number of carboxylic acid groups (broad SMARTS) is 1. The first kappa shape index (κ1) is 19.2. The molecule has 27 heavy (non-hydrogen) atoms. The molecule has 0 radical (unpaired) electrons. The number of carboxylic acids is 1. The number of benzene rings is 2. The van der Waals surface area contributed by atoms with Crippen LogP contribution in [0, 0.1) is 0 Å². The van der Waals surface area contributed by atoms with Gasteiger partial charge in [0.25, 0.3) is 11.1 Å². The third-order valence-electron chi connectivity index (χ3n) is 3.84. The summed E-state index contributed by atoms with van der Waals surface area (Å²) in [6.45, 7) is 0.234. The molecule has 1 saturated heterocycles. The number of halogens is 1. The lowest BCUT2D eigenvalue weighted by Gasteiger charge is -2.11. The van der Waals surface area contributed by atoms with Crippen molar-refractivity contribution in [3.8, 4) is 5.75 Å². The Kier molecular flexibility index (Phi) is 5.67. The van der Waals surface area contributed by atoms with Crippen molar-refractivity contribution >= 4 is 50.9 Å². The van der Waals surface area contributed by atoms with Crippen LogP contribution in [0.1, 0.15) is 21.5 Å². The minimum atomic E-state index is -0.984. The second kappa shape index (κ2) is 7.98. The maximum absolute atomic E-state index is 12.1. The summed E-state index contributed by atoms with van der Waals surface area (Å²) in [6.07, 6.45) is 1.63. The van der Waals surface area contributed by atoms with Crippen molar-refractivity contribution < 1.29 is 24.2 Å². The number of imide groups is 1. The van der Waals surface area contributed by atoms with Crippen molar-refractivity contribution in [3.05, 3.63) is 68.5 Å². The van der Waals surface area contributed by atoms with Crippen LogP contribution in [0.25, 0.3) is 6.08 Å². The number of rotatable bonds is 5. The summed E-state index contributed by atoms with van der Waals surface area (Å²) in [6, 6.07) is 11.8. The second-order valence-electron chi connectivity index (χ2n) is 5.71. The van der Waals surface area contributed by atoms with Crippen molar-refractivity contribution in [1.29, 1.82) is 0 Å². The summed E-state index contributed by atoms with van der Waals surface area (Å²) in [5.74, 6) is -0.786. The quantitative estimate of drug-likeness (QED) is 0.684. The van der Waals surface area contributed by atoms with Crippen molar-refractivity contribution in [2.45, 2.75) is 6.61 Å². The molecule has 0 spiro atoms. The molecule has 138 valence electrons. The minimum absolute atomic E-state index is 0.207. The molecule has 3 rings (SSSR count). The fourth-order valence-corrected chi connectivity index (χ4v) is 3.55. The summed E-state index contributed by atoms with van der Waals surface area (Å²) >= 11 is 4.27. The number of carbonyl (C=O) groups excluding carboxylic acids is 2. The van der Waals surface area contributed by atoms with Crippen LogP contribution in [-0.4, -0.2) is 34.2 Å². The Balaban J connectivity index is 1.81. The van der Waals surface area contributed by atoms with Gasteiger partial charge in [-0.1, -0.05) is 28.1 Å². The van der Waals surface area contributed by atoms with Crippen LogP contribution in [0.2, 0.25) is 0 Å². The molecule has 6 nitrogen and oxygen atoms in total. The molecule has 1 aliphatic heterocycles. The van der Waals surface area contributed by atoms with Crippen LogP contribution in [0.3, 0.4) is 0 Å². The van der Waals surface area contributed by atoms with Gasteiger partial charge in [0, 0.05) is 17.1 Å². The molecule has 0 unspecified atom stereocenters. The van der Waals surface area contributed by atoms with Crippen LogP contribution in [-0.2, 0) is 11.4 Å². The standard InChI is InChI=1S/C19H14BrNO5S/c1-21-17(22)16(27-19(21)25)9-13-8-14(20)6-7-15(13)26-10-11-2-4-12(5-3-11)18(23)24/h2-9H,10H2,1H3,(H,23,24)/b16-9-. The van der Waals surface area contributed by atoms with Crippen LogP contribution in [0.4, 0.5) is 4.79 Å². The molecule has 1 fully saturated rings. The number of hydrogen-bond donors (Lipinski definition) is 1. The lowest BCUT2D eigenvalue weighted by Crippen LogP contribution is -2.22. The molecule has 1 heterocycles. The highest BCUT2D eigenvalue weighted by Crippen LogP contribution is 2.34. The first-order chi connectivity index (χ1) is 12.8. The fraction of sp³-hybridized carbons (Fsp3) is 0.105. The molecule has 0 aliphatic carbocycles. The van der Waals surface area contributed by atoms with E-state index in [1.54, 1.807) is 30.3 Å². The van der Waals surface area contributed by atoms with E-state index in [9.17, 15) is 14.4 Å². The number of amides is 2. The summed E-state index contributed by atoms with van der Waals surface area (Å²) in [5.41, 5.74) is 1.67. The van der Waals surface area contributed by atoms with Crippen molar-refractivity contribution in [3.63, 3.8) is 0 Å². The van der Waals surface area contributed by atoms with Crippen molar-refractivity contribution in [2.75, 3.05) is 7.05 Å². The number of thioether (sulfide) groups is 1. The number of carbonyl (C=O) groups is 3. The maximum Gasteiger partial charge on any atom is 0.335 e. The van der Waals surface area contributed by atoms with E-state index in [0.717, 1.165) is 26.7 Å². The highest BCUT2D eigenvalue weighted by molar-refractivity contribution is 9.10. The van der Waals surface area contributed by atoms with Gasteiger partial charge in [0.1, 0.15) is 12.4 Å². The lowest BCUT2D eigenvalue weighted by atomic mass is 10.1. The van der Waals surface area contributed by atoms with Crippen LogP contribution in [0.15, 0.2) is 51.8 Å². The van der Waals surface area contributed by atoms with Gasteiger partial charge in [-0.15, -0.1) is 0 Å². The van der Waals surface area contributed by atoms with E-state index in [1.165, 1.54) is 19.2 Å². The Labute approximate surface area is 167 Å². The zero-order valence-electron chi connectivity index (χ0n) is 14.1. The highest BCUT2D eigenvalue weighted by Gasteiger charge is 2.32. The molecular formula is C19H14BrNO5S. The SMILES string of the molecule is CN1C(=O)S/C(=C\c2cc(Br)ccc2OCc2ccc(C(=O)O)cc2)C1=O. The predicted octanol–water partition coefficient (Wildman–Crippen LogP) is 4.39. The third-order valence-corrected chi connectivity index (χ3v) is 5.29. The Morgan fingerprint density at radius 3 is 2.52 bits per heavy atom. The van der Waals surface area contributed by atoms with E-state index in [-0.39, 0.29) is 23.3 Å². The molecule has 0 aromatic heterocycles. The monoisotopic (exact) mass is 447 g/mol. The maximum atomic E-state index is 12.1. The van der Waals surface area contributed by atoms with Gasteiger partial charge in [-0.3, -0.25) is 14.5 Å². The average Bonchev–Trinajstić information content (AvgIpc) is 2.88. The van der Waals surface area contributed by atoms with Gasteiger partial charge in [0.15, 0.2) is 0 Å². The van der Waals surface area contributed by atoms with Gasteiger partial charge >= 0.3 is 5.97 Å². The number of nitrogens with zero attached hydrogens (tertiary/aromatic N) is 1. The third kappa shape index (κ3) is 4.40. The Hall–Kier alpha value is -2.58. The first-order valence-corrected chi connectivity index (χ1v) is 9.42. The minimum Gasteiger partial charge on any atom is -0.488 e. The van der Waals surface area contributed by atoms with Gasteiger partial charge in [-0.2, -0.15) is 0 Å². The predicted molar refractivity (Wildman–Crippen MR) is 106 cm³/mol. The number of hydrogen-bond acceptors (Lipinski definition) is 5. The molecule has 1 N–H and O–H groups in total. The number of aromatic carboxylic acids is 1. The molecule has 2 amide bonds. The number of likely N-dealkylation sites (N-methyl/N-ethyl adjacent to an activating group) is 1. The lowest BCUT2D eigenvalue weighted by molar-refractivity contribution is -0.121. The van der Waals surface area contributed by atoms with E-state index in [2.05, 4.69) is 15.9 Å². The summed E-state index contributed by atoms with van der Waals surface area (Å²) in [7, 11) is 1.44. The van der Waals surface area contributed by atoms with E-state index < -0.39 is 5.97 Å². The smallest absolute Gasteiger partial charge is 0.335 e. The summed E-state index contributed by atoms with van der Waals surface area (Å²) in [4.78, 5) is 36.1. The van der Waals surface area contributed by atoms with E-state index in [4.69, 9.17) is 9.84 Å². The zero-order valence-corrected chi connectivity index (χ0v) is 16.5.